The highest BCUT2D eigenvalue weighted by atomic mass is 16.5. The van der Waals surface area contributed by atoms with Crippen LogP contribution in [0.5, 0.6) is 5.75 Å². The highest BCUT2D eigenvalue weighted by Gasteiger charge is 2.11. The predicted octanol–water partition coefficient (Wildman–Crippen LogP) is 5.15. The molecule has 0 saturated heterocycles. The molecular weight excluding hydrogens is 436 g/mol. The fourth-order valence-electron chi connectivity index (χ4n) is 4.14. The number of benzene rings is 2. The predicted molar refractivity (Wildman–Crippen MR) is 139 cm³/mol. The zero-order chi connectivity index (χ0) is 24.3. The van der Waals surface area contributed by atoms with Gasteiger partial charge in [-0.2, -0.15) is 0 Å². The summed E-state index contributed by atoms with van der Waals surface area (Å²) in [6.45, 7) is 10.4. The van der Waals surface area contributed by atoms with Crippen molar-refractivity contribution in [2.24, 2.45) is 0 Å². The SMILES string of the molecule is CCCN(CC)Cc1ccc(OCc2ccc(CN(Cc3ncc[nH]3)Cc3ncc[nH]3)cc2)cc1. The van der Waals surface area contributed by atoms with Gasteiger partial charge in [0, 0.05) is 37.9 Å². The van der Waals surface area contributed by atoms with Crippen LogP contribution in [0.2, 0.25) is 0 Å². The maximum atomic E-state index is 6.04. The largest absolute Gasteiger partial charge is 0.489 e. The number of nitrogens with zero attached hydrogens (tertiary/aromatic N) is 4. The Bertz CT molecular complexity index is 1060. The number of hydrogen-bond acceptors (Lipinski definition) is 5. The van der Waals surface area contributed by atoms with Crippen molar-refractivity contribution in [2.75, 3.05) is 13.1 Å². The van der Waals surface area contributed by atoms with Crippen LogP contribution in [0, 0.1) is 0 Å². The van der Waals surface area contributed by atoms with Gasteiger partial charge in [-0.05, 0) is 48.3 Å². The van der Waals surface area contributed by atoms with Crippen LogP contribution in [0.15, 0.2) is 73.3 Å². The van der Waals surface area contributed by atoms with Gasteiger partial charge in [0.2, 0.25) is 0 Å². The number of ether oxygens (including phenoxy) is 1. The molecule has 35 heavy (non-hydrogen) atoms. The third-order valence-electron chi connectivity index (χ3n) is 6.01. The van der Waals surface area contributed by atoms with E-state index >= 15 is 0 Å². The van der Waals surface area contributed by atoms with E-state index in [1.54, 1.807) is 12.4 Å². The number of rotatable bonds is 14. The molecule has 7 heteroatoms. The summed E-state index contributed by atoms with van der Waals surface area (Å²) >= 11 is 0. The molecule has 2 aromatic carbocycles. The van der Waals surface area contributed by atoms with E-state index in [1.807, 2.05) is 12.4 Å². The summed E-state index contributed by atoms with van der Waals surface area (Å²) in [5.74, 6) is 2.79. The van der Waals surface area contributed by atoms with Gasteiger partial charge < -0.3 is 14.7 Å². The van der Waals surface area contributed by atoms with E-state index in [9.17, 15) is 0 Å². The number of imidazole rings is 2. The van der Waals surface area contributed by atoms with Crippen LogP contribution in [0.3, 0.4) is 0 Å². The van der Waals surface area contributed by atoms with Crippen LogP contribution in [-0.2, 0) is 32.8 Å². The molecule has 0 amide bonds. The quantitative estimate of drug-likeness (QED) is 0.266. The minimum atomic E-state index is 0.555. The highest BCUT2D eigenvalue weighted by molar-refractivity contribution is 5.28. The van der Waals surface area contributed by atoms with E-state index in [0.717, 1.165) is 62.2 Å². The summed E-state index contributed by atoms with van der Waals surface area (Å²) in [4.78, 5) is 19.9. The summed E-state index contributed by atoms with van der Waals surface area (Å²) in [7, 11) is 0. The zero-order valence-electron chi connectivity index (χ0n) is 20.8. The Morgan fingerprint density at radius 1 is 0.686 bits per heavy atom. The molecule has 0 saturated carbocycles. The monoisotopic (exact) mass is 472 g/mol. The van der Waals surface area contributed by atoms with Gasteiger partial charge in [0.15, 0.2) is 0 Å². The molecule has 0 aliphatic heterocycles. The third-order valence-corrected chi connectivity index (χ3v) is 6.01. The van der Waals surface area contributed by atoms with Gasteiger partial charge in [0.1, 0.15) is 24.0 Å². The summed E-state index contributed by atoms with van der Waals surface area (Å²) in [5, 5.41) is 0. The van der Waals surface area contributed by atoms with Crippen molar-refractivity contribution in [2.45, 2.75) is 53.1 Å². The van der Waals surface area contributed by atoms with Gasteiger partial charge in [-0.1, -0.05) is 50.2 Å². The second kappa shape index (κ2) is 12.9. The fraction of sp³-hybridized carbons (Fsp3) is 0.357. The lowest BCUT2D eigenvalue weighted by Crippen LogP contribution is -2.23. The van der Waals surface area contributed by atoms with E-state index < -0.39 is 0 Å². The van der Waals surface area contributed by atoms with Gasteiger partial charge >= 0.3 is 0 Å². The lowest BCUT2D eigenvalue weighted by atomic mass is 10.1. The molecule has 0 unspecified atom stereocenters. The molecule has 0 aliphatic carbocycles. The summed E-state index contributed by atoms with van der Waals surface area (Å²) in [5.41, 5.74) is 3.72. The smallest absolute Gasteiger partial charge is 0.120 e. The first-order valence-electron chi connectivity index (χ1n) is 12.4. The lowest BCUT2D eigenvalue weighted by molar-refractivity contribution is 0.236. The third kappa shape index (κ3) is 7.80. The van der Waals surface area contributed by atoms with E-state index in [4.69, 9.17) is 4.74 Å². The van der Waals surface area contributed by atoms with Crippen molar-refractivity contribution < 1.29 is 4.74 Å². The first-order chi connectivity index (χ1) is 17.2. The normalized spacial score (nSPS) is 11.4. The molecular formula is C28H36N6O. The maximum Gasteiger partial charge on any atom is 0.120 e. The molecule has 0 bridgehead atoms. The van der Waals surface area contributed by atoms with Crippen LogP contribution in [0.4, 0.5) is 0 Å². The molecule has 0 fully saturated rings. The Morgan fingerprint density at radius 2 is 1.23 bits per heavy atom. The molecule has 0 aliphatic rings. The molecule has 4 rings (SSSR count). The topological polar surface area (TPSA) is 73.1 Å². The van der Waals surface area contributed by atoms with Crippen molar-refractivity contribution in [3.05, 3.63) is 102 Å². The van der Waals surface area contributed by atoms with Gasteiger partial charge in [-0.15, -0.1) is 0 Å². The Morgan fingerprint density at radius 3 is 1.74 bits per heavy atom. The molecule has 184 valence electrons. The van der Waals surface area contributed by atoms with Crippen LogP contribution >= 0.6 is 0 Å². The van der Waals surface area contributed by atoms with Crippen molar-refractivity contribution in [1.82, 2.24) is 29.7 Å². The first kappa shape index (κ1) is 24.7. The Balaban J connectivity index is 1.30. The zero-order valence-corrected chi connectivity index (χ0v) is 20.8. The van der Waals surface area contributed by atoms with Crippen LogP contribution < -0.4 is 4.74 Å². The minimum absolute atomic E-state index is 0.555. The van der Waals surface area contributed by atoms with Crippen molar-refractivity contribution in [3.8, 4) is 5.75 Å². The molecule has 0 spiro atoms. The molecule has 2 N–H and O–H groups in total. The van der Waals surface area contributed by atoms with Crippen molar-refractivity contribution >= 4 is 0 Å². The van der Waals surface area contributed by atoms with E-state index in [2.05, 4.69) is 92.1 Å². The number of hydrogen-bond donors (Lipinski definition) is 2. The number of nitrogens with one attached hydrogen (secondary N) is 2. The Hall–Kier alpha value is -3.42. The second-order valence-corrected chi connectivity index (χ2v) is 8.83. The van der Waals surface area contributed by atoms with E-state index in [0.29, 0.717) is 6.61 Å². The average Bonchev–Trinajstić information content (AvgIpc) is 3.59. The molecule has 2 aromatic heterocycles. The van der Waals surface area contributed by atoms with Gasteiger partial charge in [0.25, 0.3) is 0 Å². The summed E-state index contributed by atoms with van der Waals surface area (Å²) < 4.78 is 6.04. The second-order valence-electron chi connectivity index (χ2n) is 8.83. The van der Waals surface area contributed by atoms with Gasteiger partial charge in [-0.3, -0.25) is 9.80 Å². The Labute approximate surface area is 208 Å². The molecule has 4 aromatic rings. The number of aromatic nitrogens is 4. The number of H-pyrrole nitrogens is 2. The Kier molecular flexibility index (Phi) is 9.09. The fourth-order valence-corrected chi connectivity index (χ4v) is 4.14. The standard InChI is InChI=1S/C28H36N6O/c1-3-17-33(4-2)18-24-9-11-26(12-10-24)35-22-25-7-5-23(6-8-25)19-34(20-27-29-13-14-30-27)21-28-31-15-16-32-28/h5-16H,3-4,17-22H2,1-2H3,(H,29,30)(H,31,32). The molecule has 0 atom stereocenters. The van der Waals surface area contributed by atoms with Crippen molar-refractivity contribution in [1.29, 1.82) is 0 Å². The summed E-state index contributed by atoms with van der Waals surface area (Å²) in [6, 6.07) is 17.1. The molecule has 0 radical (unpaired) electrons. The highest BCUT2D eigenvalue weighted by Crippen LogP contribution is 2.17. The first-order valence-corrected chi connectivity index (χ1v) is 12.4. The number of aromatic amines is 2. The lowest BCUT2D eigenvalue weighted by Gasteiger charge is -2.20. The van der Waals surface area contributed by atoms with Crippen molar-refractivity contribution in [3.63, 3.8) is 0 Å². The van der Waals surface area contributed by atoms with Gasteiger partial charge in [-0.25, -0.2) is 9.97 Å². The van der Waals surface area contributed by atoms with E-state index in [-0.39, 0.29) is 0 Å². The molecule has 2 heterocycles. The van der Waals surface area contributed by atoms with Gasteiger partial charge in [0.05, 0.1) is 13.1 Å². The maximum absolute atomic E-state index is 6.04. The average molecular weight is 473 g/mol. The van der Waals surface area contributed by atoms with Crippen LogP contribution in [-0.4, -0.2) is 42.8 Å². The molecule has 7 nitrogen and oxygen atoms in total. The minimum Gasteiger partial charge on any atom is -0.489 e. The van der Waals surface area contributed by atoms with E-state index in [1.165, 1.54) is 17.5 Å². The van der Waals surface area contributed by atoms with Crippen LogP contribution in [0.25, 0.3) is 0 Å². The summed E-state index contributed by atoms with van der Waals surface area (Å²) in [6.07, 6.45) is 8.47. The van der Waals surface area contributed by atoms with Crippen LogP contribution in [0.1, 0.15) is 48.6 Å².